The van der Waals surface area contributed by atoms with Gasteiger partial charge in [0.1, 0.15) is 5.75 Å². The minimum absolute atomic E-state index is 0.219. The van der Waals surface area contributed by atoms with Gasteiger partial charge in [-0.1, -0.05) is 40.2 Å². The summed E-state index contributed by atoms with van der Waals surface area (Å²) >= 11 is 6.10. The van der Waals surface area contributed by atoms with Crippen molar-refractivity contribution in [3.05, 3.63) is 62.7 Å². The molecule has 0 amide bonds. The van der Waals surface area contributed by atoms with Crippen molar-refractivity contribution >= 4 is 38.5 Å². The fraction of sp³-hybridized carbons (Fsp3) is 0.200. The van der Waals surface area contributed by atoms with Crippen molar-refractivity contribution in [3.8, 4) is 5.75 Å². The van der Waals surface area contributed by atoms with E-state index in [1.807, 2.05) is 6.07 Å². The SMILES string of the molecule is COc1ccc(C(Br)c2cccc(I)c2)cc1C. The highest BCUT2D eigenvalue weighted by Crippen LogP contribution is 2.33. The Morgan fingerprint density at radius 2 is 1.83 bits per heavy atom. The van der Waals surface area contributed by atoms with Gasteiger partial charge in [0, 0.05) is 3.57 Å². The highest BCUT2D eigenvalue weighted by atomic mass is 127. The van der Waals surface area contributed by atoms with E-state index in [9.17, 15) is 0 Å². The maximum absolute atomic E-state index is 5.29. The minimum atomic E-state index is 0.219. The van der Waals surface area contributed by atoms with Crippen molar-refractivity contribution in [2.24, 2.45) is 0 Å². The molecule has 94 valence electrons. The van der Waals surface area contributed by atoms with E-state index in [0.29, 0.717) is 0 Å². The lowest BCUT2D eigenvalue weighted by atomic mass is 10.0. The van der Waals surface area contributed by atoms with E-state index in [1.54, 1.807) is 7.11 Å². The lowest BCUT2D eigenvalue weighted by Gasteiger charge is -2.13. The third kappa shape index (κ3) is 3.06. The second kappa shape index (κ2) is 6.06. The summed E-state index contributed by atoms with van der Waals surface area (Å²) in [6, 6.07) is 14.8. The largest absolute Gasteiger partial charge is 0.496 e. The van der Waals surface area contributed by atoms with Crippen LogP contribution in [0.15, 0.2) is 42.5 Å². The van der Waals surface area contributed by atoms with Gasteiger partial charge in [0.05, 0.1) is 11.9 Å². The van der Waals surface area contributed by atoms with Crippen LogP contribution in [0.2, 0.25) is 0 Å². The van der Waals surface area contributed by atoms with Gasteiger partial charge < -0.3 is 4.74 Å². The highest BCUT2D eigenvalue weighted by molar-refractivity contribution is 14.1. The molecule has 0 N–H and O–H groups in total. The summed E-state index contributed by atoms with van der Waals surface area (Å²) in [7, 11) is 1.70. The van der Waals surface area contributed by atoms with Crippen LogP contribution in [0.5, 0.6) is 5.75 Å². The molecule has 18 heavy (non-hydrogen) atoms. The monoisotopic (exact) mass is 416 g/mol. The number of aryl methyl sites for hydroxylation is 1. The second-order valence-electron chi connectivity index (χ2n) is 4.15. The Hall–Kier alpha value is -0.550. The third-order valence-corrected chi connectivity index (χ3v) is 4.58. The molecule has 0 radical (unpaired) electrons. The van der Waals surface area contributed by atoms with Crippen molar-refractivity contribution in [1.29, 1.82) is 0 Å². The number of hydrogen-bond acceptors (Lipinski definition) is 1. The summed E-state index contributed by atoms with van der Waals surface area (Å²) in [5.41, 5.74) is 3.67. The molecule has 0 spiro atoms. The molecule has 0 aliphatic carbocycles. The normalized spacial score (nSPS) is 12.2. The van der Waals surface area contributed by atoms with Gasteiger partial charge in [0.2, 0.25) is 0 Å². The van der Waals surface area contributed by atoms with Gasteiger partial charge >= 0.3 is 0 Å². The van der Waals surface area contributed by atoms with E-state index in [4.69, 9.17) is 4.74 Å². The number of halogens is 2. The molecule has 2 aromatic rings. The molecule has 0 aliphatic rings. The first kappa shape index (κ1) is 13.9. The maximum atomic E-state index is 5.29. The molecular weight excluding hydrogens is 403 g/mol. The zero-order valence-electron chi connectivity index (χ0n) is 10.3. The van der Waals surface area contributed by atoms with Crippen molar-refractivity contribution in [2.45, 2.75) is 11.8 Å². The zero-order valence-corrected chi connectivity index (χ0v) is 14.0. The molecule has 1 nitrogen and oxygen atoms in total. The van der Waals surface area contributed by atoms with Crippen LogP contribution >= 0.6 is 38.5 Å². The van der Waals surface area contributed by atoms with Crippen LogP contribution in [0, 0.1) is 10.5 Å². The molecule has 2 rings (SSSR count). The van der Waals surface area contributed by atoms with Gasteiger partial charge in [0.15, 0.2) is 0 Å². The lowest BCUT2D eigenvalue weighted by molar-refractivity contribution is 0.411. The van der Waals surface area contributed by atoms with Crippen LogP contribution < -0.4 is 4.74 Å². The number of hydrogen-bond donors (Lipinski definition) is 0. The van der Waals surface area contributed by atoms with E-state index >= 15 is 0 Å². The molecule has 1 unspecified atom stereocenters. The maximum Gasteiger partial charge on any atom is 0.121 e. The molecule has 3 heteroatoms. The summed E-state index contributed by atoms with van der Waals surface area (Å²) < 4.78 is 6.54. The zero-order chi connectivity index (χ0) is 13.1. The number of benzene rings is 2. The standard InChI is InChI=1S/C15H14BrIO/c1-10-8-12(6-7-14(10)18-2)15(16)11-4-3-5-13(17)9-11/h3-9,15H,1-2H3. The molecule has 0 fully saturated rings. The van der Waals surface area contributed by atoms with Gasteiger partial charge in [-0.3, -0.25) is 0 Å². The molecule has 0 aliphatic heterocycles. The molecule has 0 bridgehead atoms. The van der Waals surface area contributed by atoms with E-state index < -0.39 is 0 Å². The van der Waals surface area contributed by atoms with E-state index in [0.717, 1.165) is 11.3 Å². The van der Waals surface area contributed by atoms with Crippen molar-refractivity contribution in [2.75, 3.05) is 7.11 Å². The fourth-order valence-corrected chi connectivity index (χ4v) is 3.05. The van der Waals surface area contributed by atoms with E-state index in [2.05, 4.69) is 81.8 Å². The molecule has 0 saturated carbocycles. The van der Waals surface area contributed by atoms with E-state index in [-0.39, 0.29) is 4.83 Å². The van der Waals surface area contributed by atoms with Crippen LogP contribution in [-0.4, -0.2) is 7.11 Å². The molecule has 0 saturated heterocycles. The van der Waals surface area contributed by atoms with Gasteiger partial charge in [-0.2, -0.15) is 0 Å². The molecule has 1 atom stereocenters. The Labute approximate surface area is 130 Å². The number of rotatable bonds is 3. The van der Waals surface area contributed by atoms with Crippen LogP contribution in [-0.2, 0) is 0 Å². The summed E-state index contributed by atoms with van der Waals surface area (Å²) in [4.78, 5) is 0.219. The van der Waals surface area contributed by atoms with Crippen molar-refractivity contribution in [3.63, 3.8) is 0 Å². The quantitative estimate of drug-likeness (QED) is 0.500. The summed E-state index contributed by atoms with van der Waals surface area (Å²) in [6.07, 6.45) is 0. The molecular formula is C15H14BrIO. The second-order valence-corrected chi connectivity index (χ2v) is 6.31. The smallest absolute Gasteiger partial charge is 0.121 e. The lowest BCUT2D eigenvalue weighted by Crippen LogP contribution is -1.95. The molecule has 0 heterocycles. The summed E-state index contributed by atoms with van der Waals surface area (Å²) in [6.45, 7) is 2.07. The molecule has 2 aromatic carbocycles. The van der Waals surface area contributed by atoms with Gasteiger partial charge in [-0.25, -0.2) is 0 Å². The summed E-state index contributed by atoms with van der Waals surface area (Å²) in [5.74, 6) is 0.932. The van der Waals surface area contributed by atoms with Crippen molar-refractivity contribution < 1.29 is 4.74 Å². The van der Waals surface area contributed by atoms with Gasteiger partial charge in [-0.05, 0) is 64.4 Å². The number of methoxy groups -OCH3 is 1. The molecule has 0 aromatic heterocycles. The first-order chi connectivity index (χ1) is 8.61. The Morgan fingerprint density at radius 1 is 1.11 bits per heavy atom. The predicted octanol–water partition coefficient (Wildman–Crippen LogP) is 5.09. The minimum Gasteiger partial charge on any atom is -0.496 e. The fourth-order valence-electron chi connectivity index (χ4n) is 1.92. The average Bonchev–Trinajstić information content (AvgIpc) is 2.37. The topological polar surface area (TPSA) is 9.23 Å². The van der Waals surface area contributed by atoms with Crippen LogP contribution in [0.3, 0.4) is 0 Å². The number of ether oxygens (including phenoxy) is 1. The van der Waals surface area contributed by atoms with E-state index in [1.165, 1.54) is 14.7 Å². The number of alkyl halides is 1. The van der Waals surface area contributed by atoms with Gasteiger partial charge in [-0.15, -0.1) is 0 Å². The Morgan fingerprint density at radius 3 is 2.44 bits per heavy atom. The summed E-state index contributed by atoms with van der Waals surface area (Å²) in [5, 5.41) is 0. The highest BCUT2D eigenvalue weighted by Gasteiger charge is 2.11. The first-order valence-corrected chi connectivity index (χ1v) is 7.65. The Balaban J connectivity index is 2.34. The Bertz CT molecular complexity index is 554. The van der Waals surface area contributed by atoms with Crippen LogP contribution in [0.1, 0.15) is 21.5 Å². The predicted molar refractivity (Wildman–Crippen MR) is 87.7 cm³/mol. The van der Waals surface area contributed by atoms with Crippen LogP contribution in [0.25, 0.3) is 0 Å². The first-order valence-electron chi connectivity index (χ1n) is 5.66. The van der Waals surface area contributed by atoms with Gasteiger partial charge in [0.25, 0.3) is 0 Å². The average molecular weight is 417 g/mol. The van der Waals surface area contributed by atoms with Crippen molar-refractivity contribution in [1.82, 2.24) is 0 Å². The third-order valence-electron chi connectivity index (χ3n) is 2.85. The Kier molecular flexibility index (Phi) is 4.67. The van der Waals surface area contributed by atoms with Crippen LogP contribution in [0.4, 0.5) is 0 Å².